The fourth-order valence-electron chi connectivity index (χ4n) is 1.28. The molecule has 0 amide bonds. The molecule has 0 aromatic carbocycles. The summed E-state index contributed by atoms with van der Waals surface area (Å²) in [5, 5.41) is 25.5. The quantitative estimate of drug-likeness (QED) is 0.320. The maximum Gasteiger partial charge on any atom is 0.297 e. The first-order valence-electron chi connectivity index (χ1n) is 5.41. The highest BCUT2D eigenvalue weighted by Crippen LogP contribution is 2.07. The highest BCUT2D eigenvalue weighted by molar-refractivity contribution is 4.87. The Morgan fingerprint density at radius 3 is 2.07 bits per heavy atom. The van der Waals surface area contributed by atoms with Gasteiger partial charge in [0, 0.05) is 0 Å². The SMILES string of the molecule is CCCCCCCCC=CC(O)(O)O. The van der Waals surface area contributed by atoms with Gasteiger partial charge in [-0.05, 0) is 18.9 Å². The lowest BCUT2D eigenvalue weighted by atomic mass is 10.1. The molecule has 0 aliphatic heterocycles. The van der Waals surface area contributed by atoms with Gasteiger partial charge in [-0.3, -0.25) is 0 Å². The summed E-state index contributed by atoms with van der Waals surface area (Å²) in [5.74, 6) is -2.64. The van der Waals surface area contributed by atoms with E-state index in [9.17, 15) is 0 Å². The normalized spacial score (nSPS) is 12.6. The fourth-order valence-corrected chi connectivity index (χ4v) is 1.28. The lowest BCUT2D eigenvalue weighted by Gasteiger charge is -2.06. The maximum atomic E-state index is 8.51. The van der Waals surface area contributed by atoms with E-state index in [-0.39, 0.29) is 0 Å². The number of aliphatic hydroxyl groups is 3. The average molecular weight is 202 g/mol. The Bertz CT molecular complexity index is 147. The van der Waals surface area contributed by atoms with E-state index in [0.717, 1.165) is 18.9 Å². The molecule has 0 heterocycles. The summed E-state index contributed by atoms with van der Waals surface area (Å²) in [4.78, 5) is 0. The molecule has 0 aromatic rings. The standard InChI is InChI=1S/C11H22O3/c1-2-3-4-5-6-7-8-9-10-11(12,13)14/h9-10,12-14H,2-8H2,1H3. The molecule has 0 aliphatic carbocycles. The van der Waals surface area contributed by atoms with Crippen molar-refractivity contribution in [3.8, 4) is 0 Å². The van der Waals surface area contributed by atoms with Gasteiger partial charge in [0.05, 0.1) is 0 Å². The van der Waals surface area contributed by atoms with Crippen LogP contribution in [0, 0.1) is 0 Å². The molecule has 0 bridgehead atoms. The first-order chi connectivity index (χ1) is 6.56. The lowest BCUT2D eigenvalue weighted by Crippen LogP contribution is -2.23. The molecule has 3 heteroatoms. The largest absolute Gasteiger partial charge is 0.340 e. The molecule has 0 spiro atoms. The van der Waals surface area contributed by atoms with Crippen LogP contribution in [0.2, 0.25) is 0 Å². The molecule has 0 atom stereocenters. The van der Waals surface area contributed by atoms with Gasteiger partial charge in [0.1, 0.15) is 0 Å². The molecule has 0 aliphatic rings. The van der Waals surface area contributed by atoms with Crippen molar-refractivity contribution in [3.05, 3.63) is 12.2 Å². The zero-order chi connectivity index (χ0) is 10.9. The smallest absolute Gasteiger partial charge is 0.297 e. The zero-order valence-electron chi connectivity index (χ0n) is 8.95. The highest BCUT2D eigenvalue weighted by Gasteiger charge is 2.10. The molecular weight excluding hydrogens is 180 g/mol. The lowest BCUT2D eigenvalue weighted by molar-refractivity contribution is -0.273. The topological polar surface area (TPSA) is 60.7 Å². The van der Waals surface area contributed by atoms with E-state index in [4.69, 9.17) is 15.3 Å². The van der Waals surface area contributed by atoms with Crippen LogP contribution < -0.4 is 0 Å². The van der Waals surface area contributed by atoms with Crippen molar-refractivity contribution >= 4 is 0 Å². The molecule has 84 valence electrons. The van der Waals surface area contributed by atoms with E-state index in [0.29, 0.717) is 0 Å². The Balaban J connectivity index is 3.17. The molecule has 0 fully saturated rings. The Labute approximate surface area is 86.1 Å². The summed E-state index contributed by atoms with van der Waals surface area (Å²) >= 11 is 0. The van der Waals surface area contributed by atoms with E-state index in [1.807, 2.05) is 0 Å². The van der Waals surface area contributed by atoms with Crippen molar-refractivity contribution in [3.63, 3.8) is 0 Å². The maximum absolute atomic E-state index is 8.51. The molecule has 0 rings (SSSR count). The predicted molar refractivity (Wildman–Crippen MR) is 56.5 cm³/mol. The van der Waals surface area contributed by atoms with E-state index in [2.05, 4.69) is 6.92 Å². The third-order valence-electron chi connectivity index (χ3n) is 2.07. The minimum Gasteiger partial charge on any atom is -0.340 e. The van der Waals surface area contributed by atoms with Crippen molar-refractivity contribution in [1.82, 2.24) is 0 Å². The third kappa shape index (κ3) is 11.6. The monoisotopic (exact) mass is 202 g/mol. The molecule has 0 saturated heterocycles. The summed E-state index contributed by atoms with van der Waals surface area (Å²) in [6.45, 7) is 2.19. The van der Waals surface area contributed by atoms with Crippen LogP contribution >= 0.6 is 0 Å². The molecule has 0 saturated carbocycles. The van der Waals surface area contributed by atoms with Gasteiger partial charge < -0.3 is 15.3 Å². The summed E-state index contributed by atoms with van der Waals surface area (Å²) in [6, 6.07) is 0. The highest BCUT2D eigenvalue weighted by atomic mass is 16.7. The number of hydrogen-bond acceptors (Lipinski definition) is 3. The van der Waals surface area contributed by atoms with Crippen LogP contribution in [0.4, 0.5) is 0 Å². The van der Waals surface area contributed by atoms with E-state index >= 15 is 0 Å². The Morgan fingerprint density at radius 2 is 1.50 bits per heavy atom. The molecule has 14 heavy (non-hydrogen) atoms. The summed E-state index contributed by atoms with van der Waals surface area (Å²) in [6.07, 6.45) is 10.7. The number of unbranched alkanes of at least 4 members (excludes halogenated alkanes) is 6. The number of allylic oxidation sites excluding steroid dienone is 1. The Morgan fingerprint density at radius 1 is 0.929 bits per heavy atom. The van der Waals surface area contributed by atoms with Gasteiger partial charge in [-0.1, -0.05) is 45.1 Å². The summed E-state index contributed by atoms with van der Waals surface area (Å²) in [5.41, 5.74) is 0. The van der Waals surface area contributed by atoms with Crippen LogP contribution in [0.1, 0.15) is 51.9 Å². The van der Waals surface area contributed by atoms with Gasteiger partial charge in [0.15, 0.2) is 0 Å². The van der Waals surface area contributed by atoms with Gasteiger partial charge in [0.2, 0.25) is 0 Å². The van der Waals surface area contributed by atoms with Gasteiger partial charge in [-0.2, -0.15) is 0 Å². The second kappa shape index (κ2) is 7.97. The van der Waals surface area contributed by atoms with Gasteiger partial charge >= 0.3 is 0 Å². The van der Waals surface area contributed by atoms with Crippen molar-refractivity contribution < 1.29 is 15.3 Å². The molecule has 0 aromatic heterocycles. The Kier molecular flexibility index (Phi) is 7.76. The average Bonchev–Trinajstić information content (AvgIpc) is 2.08. The molecule has 0 radical (unpaired) electrons. The molecule has 3 nitrogen and oxygen atoms in total. The Hall–Kier alpha value is -0.380. The van der Waals surface area contributed by atoms with Crippen LogP contribution in [0.25, 0.3) is 0 Å². The van der Waals surface area contributed by atoms with Crippen LogP contribution in [-0.4, -0.2) is 21.3 Å². The van der Waals surface area contributed by atoms with Crippen LogP contribution in [-0.2, 0) is 0 Å². The summed E-state index contributed by atoms with van der Waals surface area (Å²) in [7, 11) is 0. The minimum absolute atomic E-state index is 0.787. The second-order valence-electron chi connectivity index (χ2n) is 3.65. The van der Waals surface area contributed by atoms with Crippen LogP contribution in [0.5, 0.6) is 0 Å². The summed E-state index contributed by atoms with van der Waals surface area (Å²) < 4.78 is 0. The first kappa shape index (κ1) is 13.6. The third-order valence-corrected chi connectivity index (χ3v) is 2.07. The van der Waals surface area contributed by atoms with E-state index < -0.39 is 5.97 Å². The first-order valence-corrected chi connectivity index (χ1v) is 5.41. The van der Waals surface area contributed by atoms with Crippen LogP contribution in [0.15, 0.2) is 12.2 Å². The molecule has 0 unspecified atom stereocenters. The molecule has 3 N–H and O–H groups in total. The minimum atomic E-state index is -2.64. The van der Waals surface area contributed by atoms with E-state index in [1.165, 1.54) is 32.1 Å². The zero-order valence-corrected chi connectivity index (χ0v) is 8.95. The van der Waals surface area contributed by atoms with Crippen molar-refractivity contribution in [2.45, 2.75) is 57.8 Å². The van der Waals surface area contributed by atoms with Gasteiger partial charge in [-0.25, -0.2) is 0 Å². The van der Waals surface area contributed by atoms with Crippen molar-refractivity contribution in [2.24, 2.45) is 0 Å². The van der Waals surface area contributed by atoms with Gasteiger partial charge in [0.25, 0.3) is 5.97 Å². The van der Waals surface area contributed by atoms with Gasteiger partial charge in [-0.15, -0.1) is 0 Å². The second-order valence-corrected chi connectivity index (χ2v) is 3.65. The van der Waals surface area contributed by atoms with Crippen LogP contribution in [0.3, 0.4) is 0 Å². The van der Waals surface area contributed by atoms with Crippen molar-refractivity contribution in [2.75, 3.05) is 0 Å². The van der Waals surface area contributed by atoms with Crippen molar-refractivity contribution in [1.29, 1.82) is 0 Å². The fraction of sp³-hybridized carbons (Fsp3) is 0.818. The number of hydrogen-bond donors (Lipinski definition) is 3. The number of rotatable bonds is 8. The van der Waals surface area contributed by atoms with E-state index in [1.54, 1.807) is 6.08 Å². The predicted octanol–water partition coefficient (Wildman–Crippen LogP) is 1.92. The molecular formula is C11H22O3.